The lowest BCUT2D eigenvalue weighted by molar-refractivity contribution is -0.139. The molecule has 1 aliphatic rings. The predicted molar refractivity (Wildman–Crippen MR) is 72.7 cm³/mol. The molecule has 1 saturated carbocycles. The van der Waals surface area contributed by atoms with E-state index < -0.39 is 17.9 Å². The number of aliphatic hydroxyl groups is 1. The summed E-state index contributed by atoms with van der Waals surface area (Å²) < 4.78 is 0. The number of carbonyl (C=O) groups is 2. The molecule has 2 amide bonds. The van der Waals surface area contributed by atoms with E-state index in [1.165, 1.54) is 11.3 Å². The second kappa shape index (κ2) is 6.68. The molecule has 3 N–H and O–H groups in total. The standard InChI is InChI=1S/C13H18N2O3S/c16-11(9-5-6-19-8-9)7-14-12(17)13(18)15-10-3-1-2-4-10/h5-6,8,10-11,16H,1-4,7H2,(H,14,17)(H,15,18)/t11-/m0/s1. The Balaban J connectivity index is 1.72. The van der Waals surface area contributed by atoms with Crippen molar-refractivity contribution >= 4 is 23.2 Å². The average Bonchev–Trinajstić information content (AvgIpc) is 3.07. The second-order valence-corrected chi connectivity index (χ2v) is 5.52. The quantitative estimate of drug-likeness (QED) is 0.720. The van der Waals surface area contributed by atoms with Gasteiger partial charge in [0.1, 0.15) is 0 Å². The van der Waals surface area contributed by atoms with Crippen LogP contribution in [-0.2, 0) is 9.59 Å². The first kappa shape index (κ1) is 14.0. The minimum absolute atomic E-state index is 0.0493. The molecule has 2 rings (SSSR count). The molecule has 104 valence electrons. The van der Waals surface area contributed by atoms with E-state index in [0.717, 1.165) is 31.2 Å². The smallest absolute Gasteiger partial charge is 0.309 e. The largest absolute Gasteiger partial charge is 0.387 e. The van der Waals surface area contributed by atoms with E-state index in [-0.39, 0.29) is 12.6 Å². The van der Waals surface area contributed by atoms with Crippen molar-refractivity contribution in [2.24, 2.45) is 0 Å². The summed E-state index contributed by atoms with van der Waals surface area (Å²) in [5.41, 5.74) is 0.751. The van der Waals surface area contributed by atoms with Gasteiger partial charge < -0.3 is 15.7 Å². The molecular weight excluding hydrogens is 264 g/mol. The lowest BCUT2D eigenvalue weighted by Crippen LogP contribution is -2.44. The van der Waals surface area contributed by atoms with Crippen LogP contribution < -0.4 is 10.6 Å². The predicted octanol–water partition coefficient (Wildman–Crippen LogP) is 0.956. The fourth-order valence-corrected chi connectivity index (χ4v) is 2.88. The van der Waals surface area contributed by atoms with Gasteiger partial charge in [0.2, 0.25) is 0 Å². The van der Waals surface area contributed by atoms with Crippen LogP contribution >= 0.6 is 11.3 Å². The molecule has 1 atom stereocenters. The highest BCUT2D eigenvalue weighted by Crippen LogP contribution is 2.17. The van der Waals surface area contributed by atoms with Gasteiger partial charge in [-0.1, -0.05) is 12.8 Å². The molecule has 0 aliphatic heterocycles. The Morgan fingerprint density at radius 3 is 2.74 bits per heavy atom. The number of nitrogens with one attached hydrogen (secondary N) is 2. The molecule has 0 unspecified atom stereocenters. The molecule has 1 aliphatic carbocycles. The molecule has 19 heavy (non-hydrogen) atoms. The zero-order valence-electron chi connectivity index (χ0n) is 10.6. The van der Waals surface area contributed by atoms with E-state index in [4.69, 9.17) is 0 Å². The number of thiophene rings is 1. The molecular formula is C13H18N2O3S. The van der Waals surface area contributed by atoms with Crippen LogP contribution in [0.4, 0.5) is 0 Å². The van der Waals surface area contributed by atoms with Crippen molar-refractivity contribution in [2.45, 2.75) is 37.8 Å². The van der Waals surface area contributed by atoms with Crippen molar-refractivity contribution in [1.82, 2.24) is 10.6 Å². The van der Waals surface area contributed by atoms with Gasteiger partial charge in [-0.2, -0.15) is 11.3 Å². The van der Waals surface area contributed by atoms with Crippen molar-refractivity contribution in [3.8, 4) is 0 Å². The van der Waals surface area contributed by atoms with Crippen molar-refractivity contribution in [3.05, 3.63) is 22.4 Å². The van der Waals surface area contributed by atoms with Crippen LogP contribution in [0.5, 0.6) is 0 Å². The third-order valence-corrected chi connectivity index (χ3v) is 3.98. The van der Waals surface area contributed by atoms with E-state index in [2.05, 4.69) is 10.6 Å². The Morgan fingerprint density at radius 1 is 1.37 bits per heavy atom. The van der Waals surface area contributed by atoms with Gasteiger partial charge in [0.05, 0.1) is 6.10 Å². The van der Waals surface area contributed by atoms with Crippen molar-refractivity contribution in [1.29, 1.82) is 0 Å². The highest BCUT2D eigenvalue weighted by molar-refractivity contribution is 7.07. The number of carbonyl (C=O) groups excluding carboxylic acids is 2. The Bertz CT molecular complexity index is 427. The van der Waals surface area contributed by atoms with Crippen LogP contribution in [0.25, 0.3) is 0 Å². The first-order valence-electron chi connectivity index (χ1n) is 6.45. The Labute approximate surface area is 116 Å². The van der Waals surface area contributed by atoms with Gasteiger partial charge in [0.15, 0.2) is 0 Å². The summed E-state index contributed by atoms with van der Waals surface area (Å²) in [5.74, 6) is -1.29. The Kier molecular flexibility index (Phi) is 4.93. The SMILES string of the molecule is O=C(NC[C@H](O)c1ccsc1)C(=O)NC1CCCC1. The monoisotopic (exact) mass is 282 g/mol. The summed E-state index contributed by atoms with van der Waals surface area (Å²) in [5, 5.41) is 18.6. The summed E-state index contributed by atoms with van der Waals surface area (Å²) >= 11 is 1.48. The molecule has 6 heteroatoms. The van der Waals surface area contributed by atoms with Crippen LogP contribution in [0.3, 0.4) is 0 Å². The van der Waals surface area contributed by atoms with Gasteiger partial charge in [0, 0.05) is 12.6 Å². The molecule has 0 spiro atoms. The molecule has 1 fully saturated rings. The first-order valence-corrected chi connectivity index (χ1v) is 7.40. The molecule has 1 heterocycles. The fraction of sp³-hybridized carbons (Fsp3) is 0.538. The van der Waals surface area contributed by atoms with Crippen LogP contribution in [0, 0.1) is 0 Å². The topological polar surface area (TPSA) is 78.4 Å². The molecule has 0 aromatic carbocycles. The molecule has 1 aromatic rings. The van der Waals surface area contributed by atoms with Crippen LogP contribution in [0.2, 0.25) is 0 Å². The fourth-order valence-electron chi connectivity index (χ4n) is 2.17. The van der Waals surface area contributed by atoms with Gasteiger partial charge in [-0.3, -0.25) is 9.59 Å². The number of hydrogen-bond donors (Lipinski definition) is 3. The van der Waals surface area contributed by atoms with Gasteiger partial charge in [-0.05, 0) is 35.2 Å². The van der Waals surface area contributed by atoms with E-state index in [0.29, 0.717) is 0 Å². The highest BCUT2D eigenvalue weighted by atomic mass is 32.1. The number of hydrogen-bond acceptors (Lipinski definition) is 4. The maximum absolute atomic E-state index is 11.6. The normalized spacial score (nSPS) is 17.1. The molecule has 5 nitrogen and oxygen atoms in total. The number of amides is 2. The van der Waals surface area contributed by atoms with Crippen molar-refractivity contribution in [3.63, 3.8) is 0 Å². The maximum Gasteiger partial charge on any atom is 0.309 e. The number of rotatable bonds is 4. The van der Waals surface area contributed by atoms with Crippen LogP contribution in [0.1, 0.15) is 37.4 Å². The Morgan fingerprint density at radius 2 is 2.11 bits per heavy atom. The highest BCUT2D eigenvalue weighted by Gasteiger charge is 2.21. The van der Waals surface area contributed by atoms with Crippen molar-refractivity contribution in [2.75, 3.05) is 6.54 Å². The second-order valence-electron chi connectivity index (χ2n) is 4.74. The van der Waals surface area contributed by atoms with Crippen molar-refractivity contribution < 1.29 is 14.7 Å². The molecule has 0 bridgehead atoms. The minimum Gasteiger partial charge on any atom is -0.387 e. The average molecular weight is 282 g/mol. The molecule has 0 saturated heterocycles. The summed E-state index contributed by atoms with van der Waals surface area (Å²) in [7, 11) is 0. The lowest BCUT2D eigenvalue weighted by Gasteiger charge is -2.13. The van der Waals surface area contributed by atoms with E-state index >= 15 is 0 Å². The third-order valence-electron chi connectivity index (χ3n) is 3.28. The summed E-state index contributed by atoms with van der Waals surface area (Å²) in [6.07, 6.45) is 3.31. The summed E-state index contributed by atoms with van der Waals surface area (Å²) in [4.78, 5) is 23.2. The van der Waals surface area contributed by atoms with E-state index in [9.17, 15) is 14.7 Å². The van der Waals surface area contributed by atoms with E-state index in [1.54, 1.807) is 6.07 Å². The zero-order valence-corrected chi connectivity index (χ0v) is 11.4. The molecule has 1 aromatic heterocycles. The first-order chi connectivity index (χ1) is 9.16. The van der Waals surface area contributed by atoms with Gasteiger partial charge in [0.25, 0.3) is 0 Å². The van der Waals surface area contributed by atoms with Crippen LogP contribution in [0.15, 0.2) is 16.8 Å². The zero-order chi connectivity index (χ0) is 13.7. The Hall–Kier alpha value is -1.40. The third kappa shape index (κ3) is 4.04. The van der Waals surface area contributed by atoms with E-state index in [1.807, 2.05) is 10.8 Å². The maximum atomic E-state index is 11.6. The molecule has 0 radical (unpaired) electrons. The van der Waals surface area contributed by atoms with Gasteiger partial charge in [-0.25, -0.2) is 0 Å². The van der Waals surface area contributed by atoms with Gasteiger partial charge >= 0.3 is 11.8 Å². The minimum atomic E-state index is -0.769. The summed E-state index contributed by atoms with van der Waals surface area (Å²) in [6, 6.07) is 1.92. The summed E-state index contributed by atoms with van der Waals surface area (Å²) in [6.45, 7) is 0.0493. The van der Waals surface area contributed by atoms with Gasteiger partial charge in [-0.15, -0.1) is 0 Å². The number of aliphatic hydroxyl groups excluding tert-OH is 1. The lowest BCUT2D eigenvalue weighted by atomic mass is 10.2. The van der Waals surface area contributed by atoms with Crippen LogP contribution in [-0.4, -0.2) is 29.5 Å².